The monoisotopic (exact) mass is 241 g/mol. The SMILES string of the molecule is C=CC(=O)NC1(CO)CCC2(CC1)OCCO2. The highest BCUT2D eigenvalue weighted by Gasteiger charge is 2.46. The summed E-state index contributed by atoms with van der Waals surface area (Å²) in [7, 11) is 0. The van der Waals surface area contributed by atoms with Crippen LogP contribution in [0.5, 0.6) is 0 Å². The zero-order valence-corrected chi connectivity index (χ0v) is 9.91. The van der Waals surface area contributed by atoms with Crippen molar-refractivity contribution in [3.8, 4) is 0 Å². The first-order valence-electron chi connectivity index (χ1n) is 5.97. The summed E-state index contributed by atoms with van der Waals surface area (Å²) in [6, 6.07) is 0. The van der Waals surface area contributed by atoms with E-state index in [-0.39, 0.29) is 12.5 Å². The highest BCUT2D eigenvalue weighted by Crippen LogP contribution is 2.40. The minimum Gasteiger partial charge on any atom is -0.394 e. The van der Waals surface area contributed by atoms with E-state index in [1.807, 2.05) is 0 Å². The number of amides is 1. The maximum Gasteiger partial charge on any atom is 0.243 e. The molecular weight excluding hydrogens is 222 g/mol. The average Bonchev–Trinajstić information content (AvgIpc) is 2.81. The van der Waals surface area contributed by atoms with Crippen molar-refractivity contribution < 1.29 is 19.4 Å². The maximum atomic E-state index is 11.4. The van der Waals surface area contributed by atoms with Crippen LogP contribution >= 0.6 is 0 Å². The summed E-state index contributed by atoms with van der Waals surface area (Å²) in [6.07, 6.45) is 3.94. The van der Waals surface area contributed by atoms with Crippen LogP contribution in [0.15, 0.2) is 12.7 Å². The summed E-state index contributed by atoms with van der Waals surface area (Å²) in [5.74, 6) is -0.722. The third kappa shape index (κ3) is 2.51. The van der Waals surface area contributed by atoms with Crippen molar-refractivity contribution in [1.82, 2.24) is 5.32 Å². The molecule has 1 aliphatic carbocycles. The third-order valence-corrected chi connectivity index (χ3v) is 3.66. The molecule has 1 aliphatic heterocycles. The van der Waals surface area contributed by atoms with Crippen LogP contribution in [0.4, 0.5) is 0 Å². The van der Waals surface area contributed by atoms with Gasteiger partial charge in [0.2, 0.25) is 5.91 Å². The Morgan fingerprint density at radius 2 is 1.88 bits per heavy atom. The first-order chi connectivity index (χ1) is 8.14. The second kappa shape index (κ2) is 4.76. The number of hydrogen-bond acceptors (Lipinski definition) is 4. The van der Waals surface area contributed by atoms with E-state index in [0.29, 0.717) is 38.9 Å². The highest BCUT2D eigenvalue weighted by molar-refractivity contribution is 5.87. The molecule has 0 aromatic rings. The summed E-state index contributed by atoms with van der Waals surface area (Å²) >= 11 is 0. The summed E-state index contributed by atoms with van der Waals surface area (Å²) in [6.45, 7) is 4.61. The van der Waals surface area contributed by atoms with E-state index in [1.165, 1.54) is 6.08 Å². The van der Waals surface area contributed by atoms with Crippen molar-refractivity contribution in [3.05, 3.63) is 12.7 Å². The second-order valence-electron chi connectivity index (χ2n) is 4.74. The number of hydrogen-bond donors (Lipinski definition) is 2. The molecule has 5 nitrogen and oxygen atoms in total. The summed E-state index contributed by atoms with van der Waals surface area (Å²) in [5.41, 5.74) is -0.550. The van der Waals surface area contributed by atoms with Crippen LogP contribution < -0.4 is 5.32 Å². The van der Waals surface area contributed by atoms with Crippen LogP contribution in [-0.4, -0.2) is 42.2 Å². The molecule has 1 saturated heterocycles. The van der Waals surface area contributed by atoms with Crippen molar-refractivity contribution in [1.29, 1.82) is 0 Å². The molecule has 0 unspecified atom stereocenters. The smallest absolute Gasteiger partial charge is 0.243 e. The normalized spacial score (nSPS) is 25.7. The molecule has 1 saturated carbocycles. The fraction of sp³-hybridized carbons (Fsp3) is 0.750. The first-order valence-corrected chi connectivity index (χ1v) is 5.97. The minimum atomic E-state index is -0.550. The number of nitrogens with one attached hydrogen (secondary N) is 1. The number of aliphatic hydroxyl groups excluding tert-OH is 1. The van der Waals surface area contributed by atoms with Gasteiger partial charge in [0.25, 0.3) is 0 Å². The molecule has 2 N–H and O–H groups in total. The van der Waals surface area contributed by atoms with Gasteiger partial charge in [0.1, 0.15) is 0 Å². The lowest BCUT2D eigenvalue weighted by atomic mass is 9.79. The van der Waals surface area contributed by atoms with Gasteiger partial charge in [-0.05, 0) is 18.9 Å². The maximum absolute atomic E-state index is 11.4. The Kier molecular flexibility index (Phi) is 3.51. The molecule has 0 aromatic heterocycles. The lowest BCUT2D eigenvalue weighted by Gasteiger charge is -2.42. The van der Waals surface area contributed by atoms with Gasteiger partial charge in [-0.25, -0.2) is 0 Å². The molecule has 1 heterocycles. The van der Waals surface area contributed by atoms with E-state index in [9.17, 15) is 9.90 Å². The minimum absolute atomic E-state index is 0.0668. The van der Waals surface area contributed by atoms with E-state index in [1.54, 1.807) is 0 Å². The van der Waals surface area contributed by atoms with Crippen LogP contribution in [-0.2, 0) is 14.3 Å². The predicted octanol–water partition coefficient (Wildman–Crippen LogP) is 0.337. The average molecular weight is 241 g/mol. The Balaban J connectivity index is 1.98. The molecule has 0 aromatic carbocycles. The van der Waals surface area contributed by atoms with Gasteiger partial charge < -0.3 is 19.9 Å². The number of rotatable bonds is 3. The lowest BCUT2D eigenvalue weighted by molar-refractivity contribution is -0.188. The van der Waals surface area contributed by atoms with E-state index in [4.69, 9.17) is 9.47 Å². The van der Waals surface area contributed by atoms with Crippen molar-refractivity contribution in [2.24, 2.45) is 0 Å². The molecule has 5 heteroatoms. The Morgan fingerprint density at radius 3 is 2.35 bits per heavy atom. The topological polar surface area (TPSA) is 67.8 Å². The number of aliphatic hydroxyl groups is 1. The van der Waals surface area contributed by atoms with Gasteiger partial charge in [0.05, 0.1) is 25.4 Å². The predicted molar refractivity (Wildman–Crippen MR) is 61.3 cm³/mol. The van der Waals surface area contributed by atoms with Gasteiger partial charge in [0, 0.05) is 12.8 Å². The zero-order chi connectivity index (χ0) is 12.4. The summed E-state index contributed by atoms with van der Waals surface area (Å²) in [5, 5.41) is 12.3. The van der Waals surface area contributed by atoms with Gasteiger partial charge in [-0.2, -0.15) is 0 Å². The molecule has 96 valence electrons. The highest BCUT2D eigenvalue weighted by atomic mass is 16.7. The standard InChI is InChI=1S/C12H19NO4/c1-2-10(15)13-11(9-14)3-5-12(6-4-11)16-7-8-17-12/h2,14H,1,3-9H2,(H,13,15). The van der Waals surface area contributed by atoms with Gasteiger partial charge in [-0.1, -0.05) is 6.58 Å². The molecule has 1 amide bonds. The quantitative estimate of drug-likeness (QED) is 0.699. The third-order valence-electron chi connectivity index (χ3n) is 3.66. The van der Waals surface area contributed by atoms with Gasteiger partial charge in [-0.3, -0.25) is 4.79 Å². The Morgan fingerprint density at radius 1 is 1.29 bits per heavy atom. The van der Waals surface area contributed by atoms with E-state index in [0.717, 1.165) is 0 Å². The van der Waals surface area contributed by atoms with Crippen molar-refractivity contribution in [3.63, 3.8) is 0 Å². The molecule has 2 aliphatic rings. The fourth-order valence-corrected chi connectivity index (χ4v) is 2.53. The molecule has 17 heavy (non-hydrogen) atoms. The van der Waals surface area contributed by atoms with Crippen LogP contribution in [0.2, 0.25) is 0 Å². The number of ether oxygens (including phenoxy) is 2. The van der Waals surface area contributed by atoms with Gasteiger partial charge in [0.15, 0.2) is 5.79 Å². The zero-order valence-electron chi connectivity index (χ0n) is 9.91. The molecule has 1 spiro atoms. The van der Waals surface area contributed by atoms with Gasteiger partial charge in [-0.15, -0.1) is 0 Å². The fourth-order valence-electron chi connectivity index (χ4n) is 2.53. The van der Waals surface area contributed by atoms with Crippen LogP contribution in [0.1, 0.15) is 25.7 Å². The second-order valence-corrected chi connectivity index (χ2v) is 4.74. The van der Waals surface area contributed by atoms with Crippen LogP contribution in [0.25, 0.3) is 0 Å². The van der Waals surface area contributed by atoms with Crippen molar-refractivity contribution >= 4 is 5.91 Å². The van der Waals surface area contributed by atoms with Crippen molar-refractivity contribution in [2.75, 3.05) is 19.8 Å². The summed E-state index contributed by atoms with van der Waals surface area (Å²) < 4.78 is 11.2. The molecule has 0 radical (unpaired) electrons. The molecule has 0 bridgehead atoms. The van der Waals surface area contributed by atoms with Crippen LogP contribution in [0.3, 0.4) is 0 Å². The Labute approximate surface area is 101 Å². The first kappa shape index (κ1) is 12.5. The van der Waals surface area contributed by atoms with Gasteiger partial charge >= 0.3 is 0 Å². The number of carbonyl (C=O) groups is 1. The Bertz CT molecular complexity index is 300. The Hall–Kier alpha value is -0.910. The van der Waals surface area contributed by atoms with E-state index < -0.39 is 11.3 Å². The lowest BCUT2D eigenvalue weighted by Crippen LogP contribution is -2.56. The number of carbonyl (C=O) groups excluding carboxylic acids is 1. The van der Waals surface area contributed by atoms with E-state index >= 15 is 0 Å². The molecule has 0 atom stereocenters. The van der Waals surface area contributed by atoms with E-state index in [2.05, 4.69) is 11.9 Å². The van der Waals surface area contributed by atoms with Crippen LogP contribution in [0, 0.1) is 0 Å². The van der Waals surface area contributed by atoms with Crippen molar-refractivity contribution in [2.45, 2.75) is 37.0 Å². The molecular formula is C12H19NO4. The molecule has 2 rings (SSSR count). The summed E-state index contributed by atoms with van der Waals surface area (Å²) in [4.78, 5) is 11.4. The largest absolute Gasteiger partial charge is 0.394 e. The molecule has 2 fully saturated rings.